The molecule has 0 aromatic heterocycles. The number of nitrogens with two attached hydrogens (primary N) is 1. The highest BCUT2D eigenvalue weighted by atomic mass is 16.5. The Balaban J connectivity index is 1.60. The van der Waals surface area contributed by atoms with E-state index in [-0.39, 0.29) is 18.4 Å². The fraction of sp³-hybridized carbons (Fsp3) is 0.652. The second-order valence-corrected chi connectivity index (χ2v) is 8.59. The summed E-state index contributed by atoms with van der Waals surface area (Å²) in [5.41, 5.74) is 7.30. The Bertz CT molecular complexity index is 713. The van der Waals surface area contributed by atoms with Gasteiger partial charge >= 0.3 is 0 Å². The van der Waals surface area contributed by atoms with Crippen molar-refractivity contribution in [3.05, 3.63) is 29.8 Å². The predicted octanol–water partition coefficient (Wildman–Crippen LogP) is 2.91. The van der Waals surface area contributed by atoms with Crippen LogP contribution in [0.3, 0.4) is 0 Å². The van der Waals surface area contributed by atoms with Gasteiger partial charge in [-0.25, -0.2) is 0 Å². The Morgan fingerprint density at radius 2 is 1.93 bits per heavy atom. The van der Waals surface area contributed by atoms with E-state index in [4.69, 9.17) is 10.5 Å². The summed E-state index contributed by atoms with van der Waals surface area (Å²) in [4.78, 5) is 29.0. The predicted molar refractivity (Wildman–Crippen MR) is 115 cm³/mol. The van der Waals surface area contributed by atoms with E-state index in [9.17, 15) is 9.59 Å². The summed E-state index contributed by atoms with van der Waals surface area (Å²) in [5.74, 6) is -0.309. The Morgan fingerprint density at radius 1 is 1.24 bits per heavy atom. The molecule has 2 heterocycles. The van der Waals surface area contributed by atoms with Crippen LogP contribution in [0.2, 0.25) is 0 Å². The van der Waals surface area contributed by atoms with Crippen molar-refractivity contribution >= 4 is 17.5 Å². The van der Waals surface area contributed by atoms with Crippen molar-refractivity contribution < 1.29 is 14.3 Å². The van der Waals surface area contributed by atoms with Crippen LogP contribution in [0.5, 0.6) is 0 Å². The number of ether oxygens (including phenoxy) is 1. The zero-order valence-corrected chi connectivity index (χ0v) is 18.0. The van der Waals surface area contributed by atoms with Gasteiger partial charge in [0.25, 0.3) is 0 Å². The molecule has 2 amide bonds. The number of nitrogens with zero attached hydrogens (tertiary/aromatic N) is 2. The van der Waals surface area contributed by atoms with Crippen molar-refractivity contribution in [1.29, 1.82) is 0 Å². The second kappa shape index (κ2) is 9.72. The van der Waals surface area contributed by atoms with Crippen molar-refractivity contribution in [2.45, 2.75) is 64.5 Å². The summed E-state index contributed by atoms with van der Waals surface area (Å²) >= 11 is 0. The minimum Gasteiger partial charge on any atom is -0.378 e. The standard InChI is InChI=1S/C23H35N3O3/c1-4-29-21(16(2)3)11-14-25-12-9-17(10-13-25)26-20-8-6-5-7-18(20)19(23(26)28)15-22(24)27/h5-8,16-17,19,21H,4,9-15H2,1-3H3,(H2,24,27). The number of amides is 2. The van der Waals surface area contributed by atoms with E-state index in [1.807, 2.05) is 29.2 Å². The number of rotatable bonds is 9. The van der Waals surface area contributed by atoms with Gasteiger partial charge in [-0.2, -0.15) is 0 Å². The number of hydrogen-bond donors (Lipinski definition) is 1. The van der Waals surface area contributed by atoms with Crippen LogP contribution in [0.15, 0.2) is 24.3 Å². The van der Waals surface area contributed by atoms with Gasteiger partial charge in [-0.3, -0.25) is 9.59 Å². The lowest BCUT2D eigenvalue weighted by Gasteiger charge is -2.37. The number of carbonyl (C=O) groups excluding carboxylic acids is 2. The smallest absolute Gasteiger partial charge is 0.235 e. The van der Waals surface area contributed by atoms with Gasteiger partial charge in [-0.15, -0.1) is 0 Å². The molecule has 0 bridgehead atoms. The molecule has 3 rings (SSSR count). The van der Waals surface area contributed by atoms with E-state index in [1.165, 1.54) is 0 Å². The lowest BCUT2D eigenvalue weighted by Crippen LogP contribution is -2.47. The number of carbonyl (C=O) groups is 2. The quantitative estimate of drug-likeness (QED) is 0.690. The number of fused-ring (bicyclic) bond motifs is 1. The summed E-state index contributed by atoms with van der Waals surface area (Å²) in [5, 5.41) is 0. The first-order chi connectivity index (χ1) is 13.9. The third-order valence-corrected chi connectivity index (χ3v) is 6.29. The maximum Gasteiger partial charge on any atom is 0.235 e. The van der Waals surface area contributed by atoms with Gasteiger partial charge < -0.3 is 20.3 Å². The van der Waals surface area contributed by atoms with Gasteiger partial charge in [0.15, 0.2) is 0 Å². The minimum atomic E-state index is -0.431. The number of piperidine rings is 1. The molecule has 1 saturated heterocycles. The molecule has 0 radical (unpaired) electrons. The van der Waals surface area contributed by atoms with Gasteiger partial charge in [0.05, 0.1) is 12.0 Å². The molecular formula is C23H35N3O3. The van der Waals surface area contributed by atoms with E-state index >= 15 is 0 Å². The third-order valence-electron chi connectivity index (χ3n) is 6.29. The van der Waals surface area contributed by atoms with E-state index in [2.05, 4.69) is 25.7 Å². The molecule has 29 heavy (non-hydrogen) atoms. The molecule has 1 aromatic rings. The Morgan fingerprint density at radius 3 is 2.55 bits per heavy atom. The largest absolute Gasteiger partial charge is 0.378 e. The molecule has 160 valence electrons. The highest BCUT2D eigenvalue weighted by Crippen LogP contribution is 2.41. The first kappa shape index (κ1) is 21.8. The van der Waals surface area contributed by atoms with Gasteiger partial charge in [0, 0.05) is 44.4 Å². The van der Waals surface area contributed by atoms with Gasteiger partial charge in [0.2, 0.25) is 11.8 Å². The van der Waals surface area contributed by atoms with Crippen LogP contribution in [0.1, 0.15) is 57.9 Å². The number of benzene rings is 1. The molecule has 0 aliphatic carbocycles. The number of primary amides is 1. The zero-order chi connectivity index (χ0) is 21.0. The van der Waals surface area contributed by atoms with E-state index in [1.54, 1.807) is 0 Å². The Hall–Kier alpha value is -1.92. The maximum absolute atomic E-state index is 13.1. The Labute approximate surface area is 174 Å². The van der Waals surface area contributed by atoms with Crippen LogP contribution in [-0.2, 0) is 14.3 Å². The van der Waals surface area contributed by atoms with Gasteiger partial charge in [-0.05, 0) is 43.7 Å². The summed E-state index contributed by atoms with van der Waals surface area (Å²) in [7, 11) is 0. The van der Waals surface area contributed by atoms with E-state index in [0.717, 1.165) is 56.8 Å². The summed E-state index contributed by atoms with van der Waals surface area (Å²) < 4.78 is 5.88. The molecule has 0 saturated carbocycles. The molecule has 1 fully saturated rings. The fourth-order valence-electron chi connectivity index (χ4n) is 4.73. The van der Waals surface area contributed by atoms with Crippen molar-refractivity contribution in [2.24, 2.45) is 11.7 Å². The van der Waals surface area contributed by atoms with E-state index in [0.29, 0.717) is 12.0 Å². The minimum absolute atomic E-state index is 0.0275. The van der Waals surface area contributed by atoms with Gasteiger partial charge in [0.1, 0.15) is 0 Å². The normalized spacial score (nSPS) is 21.6. The number of hydrogen-bond acceptors (Lipinski definition) is 4. The molecule has 2 aliphatic rings. The molecule has 1 aromatic carbocycles. The summed E-state index contributed by atoms with van der Waals surface area (Å²) in [6, 6.07) is 8.02. The molecule has 6 heteroatoms. The summed E-state index contributed by atoms with van der Waals surface area (Å²) in [6.45, 7) is 10.2. The molecule has 2 N–H and O–H groups in total. The highest BCUT2D eigenvalue weighted by Gasteiger charge is 2.41. The van der Waals surface area contributed by atoms with Crippen LogP contribution >= 0.6 is 0 Å². The van der Waals surface area contributed by atoms with E-state index < -0.39 is 11.8 Å². The van der Waals surface area contributed by atoms with Crippen molar-refractivity contribution in [1.82, 2.24) is 4.90 Å². The van der Waals surface area contributed by atoms with Crippen molar-refractivity contribution in [3.8, 4) is 0 Å². The lowest BCUT2D eigenvalue weighted by atomic mass is 9.97. The first-order valence-electron chi connectivity index (χ1n) is 11.0. The lowest BCUT2D eigenvalue weighted by molar-refractivity contribution is -0.124. The zero-order valence-electron chi connectivity index (χ0n) is 18.0. The highest BCUT2D eigenvalue weighted by molar-refractivity contribution is 6.07. The maximum atomic E-state index is 13.1. The Kier molecular flexibility index (Phi) is 7.30. The summed E-state index contributed by atoms with van der Waals surface area (Å²) in [6.07, 6.45) is 3.33. The SMILES string of the molecule is CCOC(CCN1CCC(N2C(=O)C(CC(N)=O)c3ccccc32)CC1)C(C)C. The van der Waals surface area contributed by atoms with Crippen molar-refractivity contribution in [3.63, 3.8) is 0 Å². The molecule has 2 aliphatic heterocycles. The first-order valence-corrected chi connectivity index (χ1v) is 11.0. The van der Waals surface area contributed by atoms with Gasteiger partial charge in [-0.1, -0.05) is 32.0 Å². The molecule has 6 nitrogen and oxygen atoms in total. The average molecular weight is 402 g/mol. The van der Waals surface area contributed by atoms with Crippen LogP contribution in [0.25, 0.3) is 0 Å². The molecule has 0 spiro atoms. The van der Waals surface area contributed by atoms with Crippen LogP contribution in [0, 0.1) is 5.92 Å². The molecular weight excluding hydrogens is 366 g/mol. The number of anilines is 1. The molecule has 2 unspecified atom stereocenters. The average Bonchev–Trinajstić information content (AvgIpc) is 2.97. The third kappa shape index (κ3) is 4.98. The monoisotopic (exact) mass is 401 g/mol. The number of likely N-dealkylation sites (tertiary alicyclic amines) is 1. The van der Waals surface area contributed by atoms with Crippen LogP contribution in [0.4, 0.5) is 5.69 Å². The van der Waals surface area contributed by atoms with Crippen LogP contribution in [-0.4, -0.2) is 55.1 Å². The topological polar surface area (TPSA) is 75.9 Å². The second-order valence-electron chi connectivity index (χ2n) is 8.59. The van der Waals surface area contributed by atoms with Crippen molar-refractivity contribution in [2.75, 3.05) is 31.1 Å². The number of para-hydroxylation sites is 1. The fourth-order valence-corrected chi connectivity index (χ4v) is 4.73. The van der Waals surface area contributed by atoms with Crippen LogP contribution < -0.4 is 10.6 Å². The molecule has 2 atom stereocenters.